The molecule has 1 spiro atoms. The topological polar surface area (TPSA) is 74.3 Å². The molecule has 0 aromatic carbocycles. The summed E-state index contributed by atoms with van der Waals surface area (Å²) in [5.41, 5.74) is -1.49. The molecule has 5 nitrogen and oxygen atoms in total. The number of rotatable bonds is 0. The Morgan fingerprint density at radius 3 is 2.18 bits per heavy atom. The van der Waals surface area contributed by atoms with Gasteiger partial charge in [0.2, 0.25) is 0 Å². The van der Waals surface area contributed by atoms with E-state index in [0.29, 0.717) is 0 Å². The minimum atomic E-state index is -3.01. The molecule has 2 heterocycles. The van der Waals surface area contributed by atoms with Gasteiger partial charge in [0.25, 0.3) is 0 Å². The molecule has 2 fully saturated rings. The van der Waals surface area contributed by atoms with E-state index in [4.69, 9.17) is 0 Å². The number of hydroxylamine groups is 2. The van der Waals surface area contributed by atoms with Crippen molar-refractivity contribution in [1.82, 2.24) is 5.06 Å². The number of hydrogen-bond acceptors (Lipinski definition) is 4. The van der Waals surface area contributed by atoms with Crippen LogP contribution in [0.15, 0.2) is 0 Å². The molecule has 2 saturated heterocycles. The second-order valence-corrected chi connectivity index (χ2v) is 8.18. The fourth-order valence-electron chi connectivity index (χ4n) is 3.00. The Morgan fingerprint density at radius 2 is 1.65 bits per heavy atom. The van der Waals surface area contributed by atoms with E-state index in [1.807, 2.05) is 0 Å². The molecule has 1 radical (unpaired) electrons. The normalized spacial score (nSPS) is 31.6. The Kier molecular flexibility index (Phi) is 2.88. The molecule has 0 aromatic rings. The van der Waals surface area contributed by atoms with Crippen LogP contribution in [-0.4, -0.2) is 41.8 Å². The van der Waals surface area contributed by atoms with Gasteiger partial charge in [0.05, 0.1) is 22.6 Å². The van der Waals surface area contributed by atoms with Gasteiger partial charge in [-0.05, 0) is 26.7 Å². The lowest BCUT2D eigenvalue weighted by Crippen LogP contribution is -2.63. The second kappa shape index (κ2) is 3.76. The monoisotopic (exact) mass is 260 g/mol. The first-order chi connectivity index (χ1) is 7.67. The van der Waals surface area contributed by atoms with Crippen molar-refractivity contribution < 1.29 is 18.4 Å². The Balaban J connectivity index is 2.28. The summed E-state index contributed by atoms with van der Waals surface area (Å²) < 4.78 is 22.8. The zero-order valence-corrected chi connectivity index (χ0v) is 11.0. The van der Waals surface area contributed by atoms with E-state index in [1.165, 1.54) is 0 Å². The average Bonchev–Trinajstić information content (AvgIpc) is 2.18. The maximum Gasteiger partial charge on any atom is 0.150 e. The molecule has 0 bridgehead atoms. The van der Waals surface area contributed by atoms with Crippen LogP contribution in [0.25, 0.3) is 0 Å². The highest BCUT2D eigenvalue weighted by atomic mass is 32.2. The number of sulfone groups is 1. The molecule has 6 heteroatoms. The molecule has 17 heavy (non-hydrogen) atoms. The van der Waals surface area contributed by atoms with Gasteiger partial charge in [-0.25, -0.2) is 8.42 Å². The first-order valence-corrected chi connectivity index (χ1v) is 7.69. The van der Waals surface area contributed by atoms with E-state index in [-0.39, 0.29) is 43.0 Å². The number of Topliss-reactive ketones (excluding diaryl/α,β-unsaturated/α-hetero) is 1. The number of nitrogens with zero attached hydrogens (tertiary/aromatic N) is 1. The van der Waals surface area contributed by atoms with E-state index in [1.54, 1.807) is 13.8 Å². The van der Waals surface area contributed by atoms with Gasteiger partial charge in [-0.1, -0.05) is 0 Å². The molecule has 2 aliphatic rings. The highest BCUT2D eigenvalue weighted by molar-refractivity contribution is 7.91. The van der Waals surface area contributed by atoms with Crippen LogP contribution in [0.2, 0.25) is 0 Å². The van der Waals surface area contributed by atoms with Gasteiger partial charge in [0.1, 0.15) is 15.6 Å². The van der Waals surface area contributed by atoms with E-state index >= 15 is 0 Å². The van der Waals surface area contributed by atoms with Crippen molar-refractivity contribution in [2.45, 2.75) is 50.6 Å². The third kappa shape index (κ3) is 2.26. The predicted molar refractivity (Wildman–Crippen MR) is 61.5 cm³/mol. The summed E-state index contributed by atoms with van der Waals surface area (Å²) in [5, 5.41) is 13.3. The fourth-order valence-corrected chi connectivity index (χ4v) is 4.58. The van der Waals surface area contributed by atoms with Crippen LogP contribution in [-0.2, 0) is 19.8 Å². The summed E-state index contributed by atoms with van der Waals surface area (Å²) in [7, 11) is -3.01. The lowest BCUT2D eigenvalue weighted by atomic mass is 9.76. The summed E-state index contributed by atoms with van der Waals surface area (Å²) in [6.07, 6.45) is 1.03. The standard InChI is InChI=1S/C11H18NO4S/c1-10(2)7-9(13)8-11(12(10)14)3-5-17(15,16)6-4-11/h3-8H2,1-2H3. The van der Waals surface area contributed by atoms with Crippen molar-refractivity contribution in [1.29, 1.82) is 0 Å². The fraction of sp³-hybridized carbons (Fsp3) is 0.909. The van der Waals surface area contributed by atoms with Crippen LogP contribution in [0, 0.1) is 0 Å². The van der Waals surface area contributed by atoms with Gasteiger partial charge in [0, 0.05) is 12.8 Å². The number of carbonyl (C=O) groups is 1. The number of ketones is 1. The van der Waals surface area contributed by atoms with Crippen molar-refractivity contribution in [3.8, 4) is 0 Å². The summed E-state index contributed by atoms with van der Waals surface area (Å²) in [4.78, 5) is 11.7. The molecule has 0 amide bonds. The van der Waals surface area contributed by atoms with E-state index in [9.17, 15) is 18.4 Å². The maximum absolute atomic E-state index is 12.4. The molecule has 0 saturated carbocycles. The van der Waals surface area contributed by atoms with Gasteiger partial charge in [0.15, 0.2) is 0 Å². The van der Waals surface area contributed by atoms with Crippen LogP contribution in [0.5, 0.6) is 0 Å². The quantitative estimate of drug-likeness (QED) is 0.643. The highest BCUT2D eigenvalue weighted by Gasteiger charge is 2.53. The second-order valence-electron chi connectivity index (χ2n) is 5.88. The van der Waals surface area contributed by atoms with Gasteiger partial charge in [-0.15, -0.1) is 10.3 Å². The third-order valence-corrected chi connectivity index (χ3v) is 5.55. The van der Waals surface area contributed by atoms with E-state index < -0.39 is 20.9 Å². The lowest BCUT2D eigenvalue weighted by molar-refractivity contribution is -0.291. The van der Waals surface area contributed by atoms with Crippen molar-refractivity contribution in [3.63, 3.8) is 0 Å². The molecule has 0 N–H and O–H groups in total. The number of carbonyl (C=O) groups excluding carboxylic acids is 1. The summed E-state index contributed by atoms with van der Waals surface area (Å²) >= 11 is 0. The molecular formula is C11H18NO4S. The van der Waals surface area contributed by atoms with Crippen LogP contribution < -0.4 is 0 Å². The van der Waals surface area contributed by atoms with Crippen LogP contribution in [0.3, 0.4) is 0 Å². The smallest absolute Gasteiger partial charge is 0.150 e. The number of piperidine rings is 1. The summed E-state index contributed by atoms with van der Waals surface area (Å²) in [6.45, 7) is 3.50. The SMILES string of the molecule is CC1(C)CC(=O)CC2(CCS(=O)(=O)CC2)N1[O]. The molecular weight excluding hydrogens is 242 g/mol. The van der Waals surface area contributed by atoms with Gasteiger partial charge < -0.3 is 0 Å². The first-order valence-electron chi connectivity index (χ1n) is 5.87. The molecule has 2 aliphatic heterocycles. The third-order valence-electron chi connectivity index (χ3n) is 3.89. The maximum atomic E-state index is 12.4. The summed E-state index contributed by atoms with van der Waals surface area (Å²) in [6, 6.07) is 0. The van der Waals surface area contributed by atoms with Crippen molar-refractivity contribution in [3.05, 3.63) is 0 Å². The zero-order valence-electron chi connectivity index (χ0n) is 10.2. The molecule has 97 valence electrons. The minimum Gasteiger partial charge on any atom is -0.300 e. The number of hydrogen-bond donors (Lipinski definition) is 0. The van der Waals surface area contributed by atoms with Crippen molar-refractivity contribution in [2.24, 2.45) is 0 Å². The Bertz CT molecular complexity index is 426. The Morgan fingerprint density at radius 1 is 1.12 bits per heavy atom. The Labute approximate surface area is 102 Å². The Hall–Kier alpha value is -0.460. The zero-order chi connectivity index (χ0) is 12.9. The largest absolute Gasteiger partial charge is 0.300 e. The van der Waals surface area contributed by atoms with Gasteiger partial charge in [-0.3, -0.25) is 4.79 Å². The van der Waals surface area contributed by atoms with E-state index in [0.717, 1.165) is 5.06 Å². The highest BCUT2D eigenvalue weighted by Crippen LogP contribution is 2.42. The molecule has 0 aliphatic carbocycles. The molecule has 0 atom stereocenters. The minimum absolute atomic E-state index is 0.0229. The molecule has 0 aromatic heterocycles. The van der Waals surface area contributed by atoms with Crippen molar-refractivity contribution in [2.75, 3.05) is 11.5 Å². The lowest BCUT2D eigenvalue weighted by Gasteiger charge is -2.51. The predicted octanol–water partition coefficient (Wildman–Crippen LogP) is 0.723. The van der Waals surface area contributed by atoms with Gasteiger partial charge >= 0.3 is 0 Å². The van der Waals surface area contributed by atoms with Crippen LogP contribution in [0.4, 0.5) is 0 Å². The molecule has 2 rings (SSSR count). The summed E-state index contributed by atoms with van der Waals surface area (Å²) in [5.74, 6) is 0.117. The van der Waals surface area contributed by atoms with Crippen LogP contribution in [0.1, 0.15) is 39.5 Å². The average molecular weight is 260 g/mol. The first kappa shape index (κ1) is 13.0. The molecule has 0 unspecified atom stereocenters. The van der Waals surface area contributed by atoms with E-state index in [2.05, 4.69) is 0 Å². The van der Waals surface area contributed by atoms with Crippen molar-refractivity contribution >= 4 is 15.6 Å². The van der Waals surface area contributed by atoms with Gasteiger partial charge in [-0.2, -0.15) is 0 Å². The van der Waals surface area contributed by atoms with Crippen LogP contribution >= 0.6 is 0 Å².